The van der Waals surface area contributed by atoms with E-state index in [-0.39, 0.29) is 11.7 Å². The SMILES string of the molecule is Bc1ccc2nc(-c3cnc(C4CC(F)(F)CN4C(=O)[C@@H](NC(=O)OC)C(C)C)[nH]3)ccc2c1. The zero-order valence-electron chi connectivity index (χ0n) is 19.4. The number of nitrogens with zero attached hydrogens (tertiary/aromatic N) is 3. The number of alkyl halides is 2. The molecular formula is C23H26BF2N5O3. The number of aromatic nitrogens is 3. The van der Waals surface area contributed by atoms with Gasteiger partial charge in [0, 0.05) is 6.42 Å². The quantitative estimate of drug-likeness (QED) is 0.558. The van der Waals surface area contributed by atoms with Gasteiger partial charge in [0.25, 0.3) is 5.92 Å². The lowest BCUT2D eigenvalue weighted by molar-refractivity contribution is -0.136. The summed E-state index contributed by atoms with van der Waals surface area (Å²) in [4.78, 5) is 38.1. The number of ether oxygens (including phenoxy) is 1. The van der Waals surface area contributed by atoms with Crippen molar-refractivity contribution in [3.8, 4) is 11.4 Å². The van der Waals surface area contributed by atoms with E-state index in [2.05, 4.69) is 25.0 Å². The van der Waals surface area contributed by atoms with Gasteiger partial charge in [-0.3, -0.25) is 4.79 Å². The third-order valence-corrected chi connectivity index (χ3v) is 5.98. The molecule has 0 saturated carbocycles. The van der Waals surface area contributed by atoms with Crippen LogP contribution in [0.25, 0.3) is 22.3 Å². The highest BCUT2D eigenvalue weighted by Gasteiger charge is 2.50. The highest BCUT2D eigenvalue weighted by Crippen LogP contribution is 2.41. The number of rotatable bonds is 5. The van der Waals surface area contributed by atoms with Crippen LogP contribution < -0.4 is 10.8 Å². The Hall–Kier alpha value is -3.50. The fourth-order valence-electron chi connectivity index (χ4n) is 4.20. The molecule has 2 N–H and O–H groups in total. The Morgan fingerprint density at radius 1 is 1.29 bits per heavy atom. The fraction of sp³-hybridized carbons (Fsp3) is 0.391. The van der Waals surface area contributed by atoms with Gasteiger partial charge in [0.05, 0.1) is 42.8 Å². The number of H-pyrrole nitrogens is 1. The van der Waals surface area contributed by atoms with Crippen LogP contribution in [0.3, 0.4) is 0 Å². The molecule has 1 saturated heterocycles. The predicted molar refractivity (Wildman–Crippen MR) is 126 cm³/mol. The lowest BCUT2D eigenvalue weighted by Crippen LogP contribution is -2.51. The number of carbonyl (C=O) groups excluding carboxylic acids is 2. The van der Waals surface area contributed by atoms with Crippen LogP contribution >= 0.6 is 0 Å². The number of benzene rings is 1. The second-order valence-electron chi connectivity index (χ2n) is 8.97. The first-order valence-corrected chi connectivity index (χ1v) is 11.0. The lowest BCUT2D eigenvalue weighted by Gasteiger charge is -2.29. The van der Waals surface area contributed by atoms with Gasteiger partial charge in [0.1, 0.15) is 19.7 Å². The van der Waals surface area contributed by atoms with Gasteiger partial charge in [-0.05, 0) is 23.4 Å². The van der Waals surface area contributed by atoms with Crippen LogP contribution in [-0.4, -0.2) is 65.3 Å². The number of methoxy groups -OCH3 is 1. The summed E-state index contributed by atoms with van der Waals surface area (Å²) in [7, 11) is 3.18. The second-order valence-corrected chi connectivity index (χ2v) is 8.97. The summed E-state index contributed by atoms with van der Waals surface area (Å²) >= 11 is 0. The zero-order valence-corrected chi connectivity index (χ0v) is 19.4. The molecule has 1 aliphatic rings. The normalized spacial score (nSPS) is 18.3. The van der Waals surface area contributed by atoms with E-state index in [1.54, 1.807) is 13.8 Å². The molecule has 178 valence electrons. The van der Waals surface area contributed by atoms with E-state index < -0.39 is 43.0 Å². The van der Waals surface area contributed by atoms with Crippen molar-refractivity contribution in [1.29, 1.82) is 0 Å². The van der Waals surface area contributed by atoms with Crippen molar-refractivity contribution >= 4 is 36.2 Å². The molecule has 1 aromatic carbocycles. The van der Waals surface area contributed by atoms with Crippen molar-refractivity contribution in [2.24, 2.45) is 5.92 Å². The van der Waals surface area contributed by atoms with Gasteiger partial charge in [-0.15, -0.1) is 0 Å². The van der Waals surface area contributed by atoms with Gasteiger partial charge in [-0.2, -0.15) is 0 Å². The van der Waals surface area contributed by atoms with E-state index in [1.165, 1.54) is 13.3 Å². The monoisotopic (exact) mass is 469 g/mol. The van der Waals surface area contributed by atoms with Crippen LogP contribution in [-0.2, 0) is 9.53 Å². The summed E-state index contributed by atoms with van der Waals surface area (Å²) in [6.45, 7) is 2.69. The highest BCUT2D eigenvalue weighted by molar-refractivity contribution is 6.33. The van der Waals surface area contributed by atoms with E-state index in [0.717, 1.165) is 21.3 Å². The maximum atomic E-state index is 14.5. The standard InChI is InChI=1S/C23H26BF2N5O3/c1-12(2)19(30-22(33)34-3)21(32)31-11-23(25,26)9-18(31)20-27-10-17(29-20)16-6-4-13-8-14(24)5-7-15(13)28-16/h4-8,10,12,18-19H,9,11,24H2,1-3H3,(H,27,29)(H,30,33)/t18?,19-/m0/s1. The molecular weight excluding hydrogens is 443 g/mol. The third kappa shape index (κ3) is 4.73. The fourth-order valence-corrected chi connectivity index (χ4v) is 4.20. The minimum atomic E-state index is -3.08. The van der Waals surface area contributed by atoms with Gasteiger partial charge in [0.2, 0.25) is 5.91 Å². The van der Waals surface area contributed by atoms with Gasteiger partial charge < -0.3 is 19.9 Å². The number of halogens is 2. The summed E-state index contributed by atoms with van der Waals surface area (Å²) in [5.74, 6) is -3.79. The summed E-state index contributed by atoms with van der Waals surface area (Å²) in [5.41, 5.74) is 3.11. The Morgan fingerprint density at radius 2 is 2.06 bits per heavy atom. The highest BCUT2D eigenvalue weighted by atomic mass is 19.3. The molecule has 1 fully saturated rings. The Bertz CT molecular complexity index is 1230. The van der Waals surface area contributed by atoms with Crippen molar-refractivity contribution in [2.75, 3.05) is 13.7 Å². The van der Waals surface area contributed by atoms with Crippen molar-refractivity contribution in [3.05, 3.63) is 42.4 Å². The molecule has 11 heteroatoms. The smallest absolute Gasteiger partial charge is 0.407 e. The summed E-state index contributed by atoms with van der Waals surface area (Å²) < 4.78 is 33.5. The van der Waals surface area contributed by atoms with Crippen LogP contribution in [0, 0.1) is 5.92 Å². The van der Waals surface area contributed by atoms with Crippen LogP contribution in [0.5, 0.6) is 0 Å². The van der Waals surface area contributed by atoms with E-state index in [4.69, 9.17) is 0 Å². The number of nitrogens with one attached hydrogen (secondary N) is 2. The number of hydrogen-bond acceptors (Lipinski definition) is 5. The molecule has 0 aliphatic carbocycles. The van der Waals surface area contributed by atoms with Crippen LogP contribution in [0.1, 0.15) is 32.1 Å². The molecule has 0 bridgehead atoms. The average Bonchev–Trinajstić information content (AvgIpc) is 3.40. The molecule has 34 heavy (non-hydrogen) atoms. The van der Waals surface area contributed by atoms with Gasteiger partial charge >= 0.3 is 6.09 Å². The lowest BCUT2D eigenvalue weighted by atomic mass is 9.95. The molecule has 1 aliphatic heterocycles. The van der Waals surface area contributed by atoms with Crippen LogP contribution in [0.2, 0.25) is 0 Å². The summed E-state index contributed by atoms with van der Waals surface area (Å²) in [6.07, 6.45) is 0.162. The van der Waals surface area contributed by atoms with Crippen LogP contribution in [0.15, 0.2) is 36.5 Å². The van der Waals surface area contributed by atoms with E-state index >= 15 is 0 Å². The molecule has 0 spiro atoms. The number of pyridine rings is 1. The molecule has 3 heterocycles. The number of amides is 2. The number of imidazole rings is 1. The first kappa shape index (κ1) is 23.7. The Kier molecular flexibility index (Phi) is 6.29. The van der Waals surface area contributed by atoms with Crippen molar-refractivity contribution in [1.82, 2.24) is 25.2 Å². The second kappa shape index (κ2) is 9.04. The maximum Gasteiger partial charge on any atom is 0.407 e. The molecule has 8 nitrogen and oxygen atoms in total. The maximum absolute atomic E-state index is 14.5. The Labute approximate surface area is 196 Å². The number of hydrogen-bond donors (Lipinski definition) is 2. The topological polar surface area (TPSA) is 100 Å². The van der Waals surface area contributed by atoms with Gasteiger partial charge in [-0.1, -0.05) is 37.5 Å². The van der Waals surface area contributed by atoms with E-state index in [1.807, 2.05) is 38.2 Å². The number of carbonyl (C=O) groups is 2. The summed E-state index contributed by atoms with van der Waals surface area (Å²) in [5, 5.41) is 3.45. The Balaban J connectivity index is 1.63. The number of alkyl carbamates (subject to hydrolysis) is 1. The molecule has 3 aromatic rings. The minimum Gasteiger partial charge on any atom is -0.453 e. The number of fused-ring (bicyclic) bond motifs is 1. The average molecular weight is 469 g/mol. The van der Waals surface area contributed by atoms with E-state index in [0.29, 0.717) is 11.4 Å². The summed E-state index contributed by atoms with van der Waals surface area (Å²) in [6, 6.07) is 7.71. The largest absolute Gasteiger partial charge is 0.453 e. The van der Waals surface area contributed by atoms with Gasteiger partial charge in [0.15, 0.2) is 0 Å². The number of likely N-dealkylation sites (tertiary alicyclic amines) is 1. The first-order chi connectivity index (χ1) is 16.1. The predicted octanol–water partition coefficient (Wildman–Crippen LogP) is 2.17. The van der Waals surface area contributed by atoms with Gasteiger partial charge in [-0.25, -0.2) is 23.5 Å². The molecule has 2 atom stereocenters. The molecule has 0 radical (unpaired) electrons. The van der Waals surface area contributed by atoms with Crippen LogP contribution in [0.4, 0.5) is 13.6 Å². The molecule has 2 aromatic heterocycles. The molecule has 4 rings (SSSR count). The number of aromatic amines is 1. The first-order valence-electron chi connectivity index (χ1n) is 11.0. The minimum absolute atomic E-state index is 0.243. The zero-order chi connectivity index (χ0) is 24.6. The van der Waals surface area contributed by atoms with Crippen molar-refractivity contribution in [2.45, 2.75) is 38.3 Å². The third-order valence-electron chi connectivity index (χ3n) is 5.98. The molecule has 1 unspecified atom stereocenters. The Morgan fingerprint density at radius 3 is 2.76 bits per heavy atom. The molecule has 2 amide bonds. The van der Waals surface area contributed by atoms with Crippen molar-refractivity contribution < 1.29 is 23.1 Å². The van der Waals surface area contributed by atoms with Crippen molar-refractivity contribution in [3.63, 3.8) is 0 Å². The van der Waals surface area contributed by atoms with E-state index in [9.17, 15) is 18.4 Å².